The zero-order chi connectivity index (χ0) is 14.3. The Morgan fingerprint density at radius 2 is 1.83 bits per heavy atom. The Hall–Kier alpha value is -1.15. The lowest BCUT2D eigenvalue weighted by atomic mass is 10.1. The number of hydrogen-bond acceptors (Lipinski definition) is 5. The van der Waals surface area contributed by atoms with Crippen LogP contribution in [0, 0.1) is 0 Å². The predicted octanol–water partition coefficient (Wildman–Crippen LogP) is 0.839. The number of aliphatic carboxylic acids is 1. The Bertz CT molecular complexity index is 387. The summed E-state index contributed by atoms with van der Waals surface area (Å²) >= 11 is 0. The molecule has 0 saturated heterocycles. The molecule has 7 nitrogen and oxygen atoms in total. The van der Waals surface area contributed by atoms with Crippen LogP contribution in [0.3, 0.4) is 0 Å². The molecule has 0 saturated carbocycles. The van der Waals surface area contributed by atoms with E-state index in [1.807, 2.05) is 6.92 Å². The average Bonchev–Trinajstić information content (AvgIpc) is 2.23. The second-order valence-electron chi connectivity index (χ2n) is 3.86. The normalized spacial score (nSPS) is 14.8. The van der Waals surface area contributed by atoms with Crippen molar-refractivity contribution in [1.82, 2.24) is 0 Å². The Morgan fingerprint density at radius 3 is 2.17 bits per heavy atom. The van der Waals surface area contributed by atoms with Gasteiger partial charge in [0.2, 0.25) is 0 Å². The van der Waals surface area contributed by atoms with E-state index >= 15 is 0 Å². The van der Waals surface area contributed by atoms with E-state index in [1.54, 1.807) is 6.92 Å². The van der Waals surface area contributed by atoms with Gasteiger partial charge in [0.25, 0.3) is 10.1 Å². The molecule has 0 bridgehead atoms. The molecule has 106 valence electrons. The van der Waals surface area contributed by atoms with Crippen molar-refractivity contribution in [2.75, 3.05) is 0 Å². The number of hydrogen-bond donors (Lipinski definition) is 2. The van der Waals surface area contributed by atoms with Gasteiger partial charge in [-0.15, -0.1) is 0 Å². The SMILES string of the molecule is CCCC(CC)OC(=O)C(CC(=O)O)S(=O)(=O)O. The highest BCUT2D eigenvalue weighted by Crippen LogP contribution is 2.13. The first kappa shape index (κ1) is 16.9. The van der Waals surface area contributed by atoms with Crippen molar-refractivity contribution in [1.29, 1.82) is 0 Å². The summed E-state index contributed by atoms with van der Waals surface area (Å²) in [5, 5.41) is 6.44. The molecule has 0 fully saturated rings. The lowest BCUT2D eigenvalue weighted by Gasteiger charge is -2.18. The summed E-state index contributed by atoms with van der Waals surface area (Å²) in [6.45, 7) is 3.63. The van der Waals surface area contributed by atoms with Crippen LogP contribution in [0.25, 0.3) is 0 Å². The van der Waals surface area contributed by atoms with Crippen LogP contribution in [-0.2, 0) is 24.4 Å². The topological polar surface area (TPSA) is 118 Å². The summed E-state index contributed by atoms with van der Waals surface area (Å²) in [7, 11) is -4.78. The van der Waals surface area contributed by atoms with E-state index in [0.29, 0.717) is 12.8 Å². The third kappa shape index (κ3) is 5.97. The van der Waals surface area contributed by atoms with E-state index in [2.05, 4.69) is 0 Å². The summed E-state index contributed by atoms with van der Waals surface area (Å²) in [4.78, 5) is 22.0. The van der Waals surface area contributed by atoms with Crippen LogP contribution in [0.5, 0.6) is 0 Å². The van der Waals surface area contributed by atoms with Crippen LogP contribution < -0.4 is 0 Å². The van der Waals surface area contributed by atoms with Gasteiger partial charge >= 0.3 is 11.9 Å². The Labute approximate surface area is 106 Å². The first-order valence-corrected chi connectivity index (χ1v) is 7.11. The molecule has 18 heavy (non-hydrogen) atoms. The maximum absolute atomic E-state index is 11.5. The van der Waals surface area contributed by atoms with Gasteiger partial charge in [0.15, 0.2) is 5.25 Å². The lowest BCUT2D eigenvalue weighted by Crippen LogP contribution is -2.36. The second kappa shape index (κ2) is 7.32. The van der Waals surface area contributed by atoms with Crippen molar-refractivity contribution in [2.24, 2.45) is 0 Å². The quantitative estimate of drug-likeness (QED) is 0.500. The van der Waals surface area contributed by atoms with Gasteiger partial charge < -0.3 is 9.84 Å². The molecule has 0 aromatic rings. The van der Waals surface area contributed by atoms with Gasteiger partial charge in [0.1, 0.15) is 6.10 Å². The molecule has 0 radical (unpaired) electrons. The molecular weight excluding hydrogens is 264 g/mol. The van der Waals surface area contributed by atoms with Crippen LogP contribution in [0.4, 0.5) is 0 Å². The van der Waals surface area contributed by atoms with E-state index in [4.69, 9.17) is 14.4 Å². The number of carbonyl (C=O) groups excluding carboxylic acids is 1. The zero-order valence-corrected chi connectivity index (χ0v) is 11.1. The average molecular weight is 282 g/mol. The number of esters is 1. The van der Waals surface area contributed by atoms with Crippen molar-refractivity contribution >= 4 is 22.1 Å². The van der Waals surface area contributed by atoms with Crippen LogP contribution >= 0.6 is 0 Å². The minimum Gasteiger partial charge on any atom is -0.481 e. The smallest absolute Gasteiger partial charge is 0.327 e. The molecule has 0 aliphatic rings. The largest absolute Gasteiger partial charge is 0.481 e. The van der Waals surface area contributed by atoms with Gasteiger partial charge in [-0.1, -0.05) is 20.3 Å². The minimum absolute atomic E-state index is 0.472. The van der Waals surface area contributed by atoms with Gasteiger partial charge in [-0.25, -0.2) is 0 Å². The van der Waals surface area contributed by atoms with Crippen LogP contribution in [0.1, 0.15) is 39.5 Å². The molecule has 2 atom stereocenters. The van der Waals surface area contributed by atoms with Crippen LogP contribution in [-0.4, -0.2) is 41.4 Å². The highest BCUT2D eigenvalue weighted by molar-refractivity contribution is 7.87. The maximum Gasteiger partial charge on any atom is 0.327 e. The van der Waals surface area contributed by atoms with Crippen LogP contribution in [0.2, 0.25) is 0 Å². The summed E-state index contributed by atoms with van der Waals surface area (Å²) in [6, 6.07) is 0. The fourth-order valence-electron chi connectivity index (χ4n) is 1.38. The number of ether oxygens (including phenoxy) is 1. The van der Waals surface area contributed by atoms with Gasteiger partial charge in [0, 0.05) is 0 Å². The molecular formula is C10H18O7S. The van der Waals surface area contributed by atoms with Crippen LogP contribution in [0.15, 0.2) is 0 Å². The van der Waals surface area contributed by atoms with Gasteiger partial charge in [-0.2, -0.15) is 8.42 Å². The molecule has 0 aromatic heterocycles. The van der Waals surface area contributed by atoms with E-state index in [0.717, 1.165) is 6.42 Å². The van der Waals surface area contributed by atoms with Crippen molar-refractivity contribution in [3.63, 3.8) is 0 Å². The minimum atomic E-state index is -4.78. The zero-order valence-electron chi connectivity index (χ0n) is 10.3. The fraction of sp³-hybridized carbons (Fsp3) is 0.800. The number of carboxylic acid groups (broad SMARTS) is 1. The summed E-state index contributed by atoms with van der Waals surface area (Å²) in [5.41, 5.74) is 0. The fourth-order valence-corrected chi connectivity index (χ4v) is 2.03. The highest BCUT2D eigenvalue weighted by atomic mass is 32.2. The van der Waals surface area contributed by atoms with E-state index in [9.17, 15) is 18.0 Å². The van der Waals surface area contributed by atoms with E-state index < -0.39 is 39.8 Å². The Morgan fingerprint density at radius 1 is 1.28 bits per heavy atom. The third-order valence-corrected chi connectivity index (χ3v) is 3.41. The van der Waals surface area contributed by atoms with Crippen molar-refractivity contribution in [3.8, 4) is 0 Å². The summed E-state index contributed by atoms with van der Waals surface area (Å²) in [5.74, 6) is -2.72. The first-order valence-electron chi connectivity index (χ1n) is 5.60. The number of carboxylic acids is 1. The molecule has 0 aromatic carbocycles. The second-order valence-corrected chi connectivity index (χ2v) is 5.46. The summed E-state index contributed by atoms with van der Waals surface area (Å²) < 4.78 is 35.6. The molecule has 0 aliphatic heterocycles. The molecule has 2 N–H and O–H groups in total. The van der Waals surface area contributed by atoms with Crippen molar-refractivity contribution in [2.45, 2.75) is 50.9 Å². The molecule has 8 heteroatoms. The van der Waals surface area contributed by atoms with Gasteiger partial charge in [-0.05, 0) is 12.8 Å². The van der Waals surface area contributed by atoms with E-state index in [-0.39, 0.29) is 0 Å². The maximum atomic E-state index is 11.5. The Kier molecular flexibility index (Phi) is 6.85. The third-order valence-electron chi connectivity index (χ3n) is 2.33. The number of carbonyl (C=O) groups is 2. The summed E-state index contributed by atoms with van der Waals surface area (Å²) in [6.07, 6.45) is 0.292. The van der Waals surface area contributed by atoms with E-state index in [1.165, 1.54) is 0 Å². The molecule has 0 heterocycles. The molecule has 0 amide bonds. The highest BCUT2D eigenvalue weighted by Gasteiger charge is 2.35. The molecule has 0 rings (SSSR count). The lowest BCUT2D eigenvalue weighted by molar-refractivity contribution is -0.152. The predicted molar refractivity (Wildman–Crippen MR) is 62.7 cm³/mol. The monoisotopic (exact) mass is 282 g/mol. The molecule has 2 unspecified atom stereocenters. The van der Waals surface area contributed by atoms with Crippen molar-refractivity contribution < 1.29 is 32.4 Å². The Balaban J connectivity index is 4.81. The van der Waals surface area contributed by atoms with Crippen molar-refractivity contribution in [3.05, 3.63) is 0 Å². The van der Waals surface area contributed by atoms with Gasteiger partial charge in [-0.3, -0.25) is 14.1 Å². The van der Waals surface area contributed by atoms with Gasteiger partial charge in [0.05, 0.1) is 6.42 Å². The first-order chi connectivity index (χ1) is 8.22. The molecule has 0 spiro atoms. The standard InChI is InChI=1S/C10H18O7S/c1-3-5-7(4-2)17-10(13)8(6-9(11)12)18(14,15)16/h7-8H,3-6H2,1-2H3,(H,11,12)(H,14,15,16). The number of rotatable bonds is 8. The molecule has 0 aliphatic carbocycles.